The number of nitrogens with two attached hydrogens (primary N) is 1. The summed E-state index contributed by atoms with van der Waals surface area (Å²) in [4.78, 5) is 30.5. The number of alkyl halides is 6. The topological polar surface area (TPSA) is 81.9 Å². The zero-order valence-electron chi connectivity index (χ0n) is 12.1. The molecule has 0 fully saturated rings. The van der Waals surface area contributed by atoms with Gasteiger partial charge in [-0.05, 0) is 12.1 Å². The molecule has 0 aromatic heterocycles. The molecule has 0 spiro atoms. The molecule has 0 saturated heterocycles. The fourth-order valence-corrected chi connectivity index (χ4v) is 1.52. The van der Waals surface area contributed by atoms with Gasteiger partial charge in [-0.1, -0.05) is 12.1 Å². The average Bonchev–Trinajstić information content (AvgIpc) is 2.68. The fourth-order valence-electron chi connectivity index (χ4n) is 1.52. The summed E-state index contributed by atoms with van der Waals surface area (Å²) in [6.45, 7) is -3.06. The Balaban J connectivity index is 0.000000620. The third-order valence-corrected chi connectivity index (χ3v) is 2.36. The van der Waals surface area contributed by atoms with Crippen molar-refractivity contribution in [3.8, 4) is 0 Å². The summed E-state index contributed by atoms with van der Waals surface area (Å²) in [5, 5.41) is 0.137. The number of hydrogen-bond donors (Lipinski definition) is 1. The van der Waals surface area contributed by atoms with Gasteiger partial charge in [-0.3, -0.25) is 19.3 Å². The Morgan fingerprint density at radius 1 is 0.880 bits per heavy atom. The first kappa shape index (κ1) is 23.1. The first-order valence-corrected chi connectivity index (χ1v) is 6.02. The number of rotatable bonds is 3. The number of nitrogens with zero attached hydrogens (tertiary/aromatic N) is 1. The highest BCUT2D eigenvalue weighted by Crippen LogP contribution is 2.24. The van der Waals surface area contributed by atoms with Crippen LogP contribution in [0.25, 0.3) is 0 Å². The quantitative estimate of drug-likeness (QED) is 0.482. The highest BCUT2D eigenvalue weighted by molar-refractivity contribution is 6.20. The van der Waals surface area contributed by atoms with Crippen LogP contribution in [-0.4, -0.2) is 42.4 Å². The normalized spacial score (nSPS) is 13.8. The van der Waals surface area contributed by atoms with E-state index in [9.17, 15) is 35.9 Å². The van der Waals surface area contributed by atoms with Gasteiger partial charge < -0.3 is 0 Å². The summed E-state index contributed by atoms with van der Waals surface area (Å²) in [6, 6.07) is 5.73. The van der Waals surface area contributed by atoms with Crippen LogP contribution in [0.4, 0.5) is 26.3 Å². The van der Waals surface area contributed by atoms with Crippen LogP contribution in [0.3, 0.4) is 0 Å². The van der Waals surface area contributed by atoms with Gasteiger partial charge in [0.15, 0.2) is 13.2 Å². The van der Waals surface area contributed by atoms with E-state index in [1.165, 1.54) is 24.3 Å². The van der Waals surface area contributed by atoms with Crippen LogP contribution in [0.15, 0.2) is 24.3 Å². The van der Waals surface area contributed by atoms with Crippen molar-refractivity contribution in [2.24, 2.45) is 5.90 Å². The van der Waals surface area contributed by atoms with Crippen LogP contribution >= 0.6 is 12.4 Å². The van der Waals surface area contributed by atoms with Crippen LogP contribution in [0.1, 0.15) is 20.7 Å². The predicted molar refractivity (Wildman–Crippen MR) is 72.4 cm³/mol. The summed E-state index contributed by atoms with van der Waals surface area (Å²) in [5.41, 5.74) is 0.0827. The number of carbonyl (C=O) groups excluding carboxylic acids is 2. The van der Waals surface area contributed by atoms with Gasteiger partial charge in [-0.2, -0.15) is 26.3 Å². The Kier molecular flexibility index (Phi) is 8.31. The number of carbonyl (C=O) groups is 2. The SMILES string of the molecule is Cl.NOCC(F)(F)F.O=C1c2ccccc2C(=O)N1OCC(F)(F)F. The number of benzene rings is 1. The van der Waals surface area contributed by atoms with Gasteiger partial charge in [0.05, 0.1) is 11.1 Å². The van der Waals surface area contributed by atoms with E-state index in [-0.39, 0.29) is 28.6 Å². The zero-order chi connectivity index (χ0) is 18.5. The highest BCUT2D eigenvalue weighted by Gasteiger charge is 2.39. The number of amides is 2. The molecule has 1 aliphatic heterocycles. The average molecular weight is 397 g/mol. The van der Waals surface area contributed by atoms with Crippen molar-refractivity contribution in [2.45, 2.75) is 12.4 Å². The molecule has 13 heteroatoms. The Morgan fingerprint density at radius 2 is 1.28 bits per heavy atom. The Morgan fingerprint density at radius 3 is 1.56 bits per heavy atom. The molecular weight excluding hydrogens is 386 g/mol. The maximum Gasteiger partial charge on any atom is 0.414 e. The zero-order valence-corrected chi connectivity index (χ0v) is 12.9. The summed E-state index contributed by atoms with van der Waals surface area (Å²) < 4.78 is 68.3. The standard InChI is InChI=1S/C10H6F3NO3.C2H4F3NO.ClH/c11-10(12,13)5-17-14-8(15)6-3-1-2-4-7(6)9(14)16;3-2(4,5)1-7-6;/h1-4H,5H2;1,6H2;1H. The maximum absolute atomic E-state index is 11.9. The third kappa shape index (κ3) is 7.25. The molecule has 1 aromatic rings. The summed E-state index contributed by atoms with van der Waals surface area (Å²) in [7, 11) is 0. The van der Waals surface area contributed by atoms with Crippen LogP contribution in [-0.2, 0) is 9.68 Å². The molecule has 1 aromatic carbocycles. The summed E-state index contributed by atoms with van der Waals surface area (Å²) in [5.74, 6) is 2.34. The summed E-state index contributed by atoms with van der Waals surface area (Å²) in [6.07, 6.45) is -8.90. The van der Waals surface area contributed by atoms with Gasteiger partial charge in [-0.25, -0.2) is 5.90 Å². The highest BCUT2D eigenvalue weighted by atomic mass is 35.5. The number of hydroxylamine groups is 2. The molecule has 6 nitrogen and oxygen atoms in total. The van der Waals surface area contributed by atoms with E-state index in [0.717, 1.165) is 0 Å². The number of fused-ring (bicyclic) bond motifs is 1. The minimum atomic E-state index is -4.60. The first-order valence-electron chi connectivity index (χ1n) is 6.02. The lowest BCUT2D eigenvalue weighted by Crippen LogP contribution is -2.34. The minimum Gasteiger partial charge on any atom is -0.295 e. The molecule has 0 saturated carbocycles. The number of hydrogen-bond acceptors (Lipinski definition) is 5. The third-order valence-electron chi connectivity index (χ3n) is 2.36. The molecule has 2 rings (SSSR count). The van der Waals surface area contributed by atoms with Gasteiger partial charge in [-0.15, -0.1) is 17.5 Å². The molecule has 0 radical (unpaired) electrons. The molecule has 0 unspecified atom stereocenters. The lowest BCUT2D eigenvalue weighted by atomic mass is 10.1. The molecule has 25 heavy (non-hydrogen) atoms. The minimum absolute atomic E-state index is 0. The molecule has 0 aliphatic carbocycles. The van der Waals surface area contributed by atoms with E-state index < -0.39 is 37.4 Å². The second-order valence-corrected chi connectivity index (χ2v) is 4.27. The van der Waals surface area contributed by atoms with Crippen molar-refractivity contribution in [2.75, 3.05) is 13.2 Å². The second-order valence-electron chi connectivity index (χ2n) is 4.27. The molecule has 0 bridgehead atoms. The van der Waals surface area contributed by atoms with E-state index in [1.54, 1.807) is 0 Å². The van der Waals surface area contributed by atoms with E-state index in [4.69, 9.17) is 0 Å². The van der Waals surface area contributed by atoms with E-state index in [1.807, 2.05) is 0 Å². The van der Waals surface area contributed by atoms with Crippen molar-refractivity contribution in [3.63, 3.8) is 0 Å². The molecule has 2 amide bonds. The number of imide groups is 1. The fraction of sp³-hybridized carbons (Fsp3) is 0.333. The molecule has 0 atom stereocenters. The Bertz CT molecular complexity index is 573. The monoisotopic (exact) mass is 396 g/mol. The number of halogens is 7. The van der Waals surface area contributed by atoms with Crippen LogP contribution < -0.4 is 5.90 Å². The van der Waals surface area contributed by atoms with Gasteiger partial charge in [0.1, 0.15) is 0 Å². The van der Waals surface area contributed by atoms with Gasteiger partial charge in [0, 0.05) is 0 Å². The molecular formula is C12H11ClF6N2O4. The summed E-state index contributed by atoms with van der Waals surface area (Å²) >= 11 is 0. The van der Waals surface area contributed by atoms with Crippen LogP contribution in [0.2, 0.25) is 0 Å². The Hall–Kier alpha value is -1.89. The molecule has 2 N–H and O–H groups in total. The van der Waals surface area contributed by atoms with Crippen molar-refractivity contribution in [1.82, 2.24) is 5.06 Å². The van der Waals surface area contributed by atoms with Gasteiger partial charge >= 0.3 is 12.4 Å². The molecule has 1 aliphatic rings. The molecule has 142 valence electrons. The van der Waals surface area contributed by atoms with Crippen LogP contribution in [0.5, 0.6) is 0 Å². The smallest absolute Gasteiger partial charge is 0.295 e. The predicted octanol–water partition coefficient (Wildman–Crippen LogP) is 2.64. The first-order chi connectivity index (χ1) is 11.0. The molecule has 1 heterocycles. The van der Waals surface area contributed by atoms with Crippen molar-refractivity contribution in [3.05, 3.63) is 35.4 Å². The van der Waals surface area contributed by atoms with Crippen molar-refractivity contribution < 1.29 is 45.6 Å². The lowest BCUT2D eigenvalue weighted by molar-refractivity contribution is -0.218. The van der Waals surface area contributed by atoms with E-state index in [0.29, 0.717) is 0 Å². The lowest BCUT2D eigenvalue weighted by Gasteiger charge is -2.14. The maximum atomic E-state index is 11.9. The van der Waals surface area contributed by atoms with Crippen molar-refractivity contribution >= 4 is 24.2 Å². The van der Waals surface area contributed by atoms with E-state index >= 15 is 0 Å². The van der Waals surface area contributed by atoms with Crippen LogP contribution in [0, 0.1) is 0 Å². The second kappa shape index (κ2) is 8.99. The Labute approximate surface area is 142 Å². The van der Waals surface area contributed by atoms with Gasteiger partial charge in [0.25, 0.3) is 11.8 Å². The van der Waals surface area contributed by atoms with Crippen molar-refractivity contribution in [1.29, 1.82) is 0 Å². The van der Waals surface area contributed by atoms with Gasteiger partial charge in [0.2, 0.25) is 0 Å². The van der Waals surface area contributed by atoms with E-state index in [2.05, 4.69) is 15.6 Å². The largest absolute Gasteiger partial charge is 0.414 e.